The van der Waals surface area contributed by atoms with E-state index in [0.29, 0.717) is 31.2 Å². The van der Waals surface area contributed by atoms with Crippen molar-refractivity contribution >= 4 is 5.57 Å². The second-order valence-electron chi connectivity index (χ2n) is 12.4. The van der Waals surface area contributed by atoms with Crippen LogP contribution in [0.2, 0.25) is 0 Å². The smallest absolute Gasteiger partial charge is 0.217 e. The molecule has 5 nitrogen and oxygen atoms in total. The predicted octanol–water partition coefficient (Wildman–Crippen LogP) is 6.53. The number of allylic oxidation sites excluding steroid dienone is 1. The van der Waals surface area contributed by atoms with E-state index in [4.69, 9.17) is 18.6 Å². The van der Waals surface area contributed by atoms with Gasteiger partial charge < -0.3 is 23.7 Å². The standard InChI is InChI=1S/C32H40O5/c1-32-12-11-25-24-10-8-23(36-18-20-5-3-2-4-6-20)15-21(24)7-9-26(25)30(32)28(33)17-27(32)22-16-29(37-19-22)31-34-13-14-35-31/h2-6,16-17,19,21,23-26,28,30-31,33H,7-15,18H2,1H3/t21?,23?,24-,25+,26+,28+,30+,32+/m0/s1. The Hall–Kier alpha value is -1.92. The van der Waals surface area contributed by atoms with E-state index in [1.54, 1.807) is 0 Å². The summed E-state index contributed by atoms with van der Waals surface area (Å²) in [6.45, 7) is 4.33. The number of aliphatic hydroxyl groups excluding tert-OH is 1. The lowest BCUT2D eigenvalue weighted by molar-refractivity contribution is -0.0950. The summed E-state index contributed by atoms with van der Waals surface area (Å²) in [6, 6.07) is 12.6. The van der Waals surface area contributed by atoms with Gasteiger partial charge in [-0.2, -0.15) is 0 Å². The summed E-state index contributed by atoms with van der Waals surface area (Å²) in [5.41, 5.74) is 3.60. The molecule has 4 aliphatic carbocycles. The van der Waals surface area contributed by atoms with Gasteiger partial charge in [0.05, 0.1) is 38.3 Å². The molecule has 1 saturated heterocycles. The highest BCUT2D eigenvalue weighted by atomic mass is 16.7. The molecule has 198 valence electrons. The molecule has 0 radical (unpaired) electrons. The van der Waals surface area contributed by atoms with Crippen molar-refractivity contribution in [3.8, 4) is 0 Å². The van der Waals surface area contributed by atoms with E-state index in [-0.39, 0.29) is 11.5 Å². The summed E-state index contributed by atoms with van der Waals surface area (Å²) in [6.07, 6.45) is 12.1. The zero-order valence-electron chi connectivity index (χ0n) is 21.9. The number of fused-ring (bicyclic) bond motifs is 5. The highest BCUT2D eigenvalue weighted by molar-refractivity contribution is 5.73. The summed E-state index contributed by atoms with van der Waals surface area (Å²) < 4.78 is 23.5. The van der Waals surface area contributed by atoms with Crippen LogP contribution >= 0.6 is 0 Å². The second-order valence-corrected chi connectivity index (χ2v) is 12.4. The van der Waals surface area contributed by atoms with Crippen molar-refractivity contribution in [2.24, 2.45) is 35.0 Å². The first-order chi connectivity index (χ1) is 18.1. The fraction of sp³-hybridized carbons (Fsp3) is 0.625. The van der Waals surface area contributed by atoms with Crippen molar-refractivity contribution in [1.29, 1.82) is 0 Å². The summed E-state index contributed by atoms with van der Waals surface area (Å²) in [5.74, 6) is 3.91. The highest BCUT2D eigenvalue weighted by Crippen LogP contribution is 2.64. The molecule has 4 fully saturated rings. The Balaban J connectivity index is 1.03. The molecule has 5 aliphatic rings. The average molecular weight is 505 g/mol. The third-order valence-corrected chi connectivity index (χ3v) is 10.6. The molecule has 7 rings (SSSR count). The predicted molar refractivity (Wildman–Crippen MR) is 140 cm³/mol. The van der Waals surface area contributed by atoms with Gasteiger partial charge in [0.2, 0.25) is 6.29 Å². The lowest BCUT2D eigenvalue weighted by Crippen LogP contribution is -2.50. The molecule has 0 amide bonds. The fourth-order valence-electron chi connectivity index (χ4n) is 8.97. The summed E-state index contributed by atoms with van der Waals surface area (Å²) in [5, 5.41) is 11.4. The third-order valence-electron chi connectivity index (χ3n) is 10.6. The molecule has 0 spiro atoms. The zero-order chi connectivity index (χ0) is 25.0. The molecule has 2 aromatic rings. The number of hydrogen-bond acceptors (Lipinski definition) is 5. The van der Waals surface area contributed by atoms with E-state index in [0.717, 1.165) is 42.1 Å². The third kappa shape index (κ3) is 4.23. The first-order valence-corrected chi connectivity index (χ1v) is 14.5. The van der Waals surface area contributed by atoms with Gasteiger partial charge in [-0.15, -0.1) is 0 Å². The molecule has 37 heavy (non-hydrogen) atoms. The van der Waals surface area contributed by atoms with Crippen LogP contribution in [0.25, 0.3) is 5.57 Å². The molecular formula is C32H40O5. The number of aliphatic hydroxyl groups is 1. The second kappa shape index (κ2) is 9.68. The van der Waals surface area contributed by atoms with Gasteiger partial charge in [0.15, 0.2) is 5.76 Å². The SMILES string of the molecule is C[C@]12CC[C@H]3[C@@H](CCC4CC(OCc5ccccc5)CC[C@@H]43)[C@@H]1[C@H](O)C=C2c1coc(C2OCCO2)c1. The highest BCUT2D eigenvalue weighted by Gasteiger charge is 2.57. The van der Waals surface area contributed by atoms with Gasteiger partial charge in [-0.3, -0.25) is 0 Å². The van der Waals surface area contributed by atoms with E-state index >= 15 is 0 Å². The molecule has 1 aliphatic heterocycles. The Morgan fingerprint density at radius 1 is 0.973 bits per heavy atom. The minimum absolute atomic E-state index is 0.0120. The van der Waals surface area contributed by atoms with Crippen LogP contribution in [0.3, 0.4) is 0 Å². The normalized spacial score (nSPS) is 39.6. The van der Waals surface area contributed by atoms with E-state index in [1.807, 2.05) is 6.26 Å². The molecule has 2 heterocycles. The van der Waals surface area contributed by atoms with Crippen LogP contribution in [0.15, 0.2) is 53.2 Å². The topological polar surface area (TPSA) is 61.1 Å². The Labute approximate surface area is 220 Å². The minimum Gasteiger partial charge on any atom is -0.463 e. The van der Waals surface area contributed by atoms with Crippen molar-refractivity contribution in [3.63, 3.8) is 0 Å². The molecule has 0 bridgehead atoms. The quantitative estimate of drug-likeness (QED) is 0.502. The van der Waals surface area contributed by atoms with Crippen LogP contribution < -0.4 is 0 Å². The van der Waals surface area contributed by atoms with Crippen LogP contribution in [-0.4, -0.2) is 30.5 Å². The summed E-state index contributed by atoms with van der Waals surface area (Å²) in [4.78, 5) is 0. The van der Waals surface area contributed by atoms with Crippen molar-refractivity contribution < 1.29 is 23.7 Å². The van der Waals surface area contributed by atoms with Gasteiger partial charge in [0.25, 0.3) is 0 Å². The monoisotopic (exact) mass is 504 g/mol. The Bertz CT molecular complexity index is 1120. The van der Waals surface area contributed by atoms with Crippen molar-refractivity contribution in [1.82, 2.24) is 0 Å². The number of ether oxygens (including phenoxy) is 3. The molecular weight excluding hydrogens is 464 g/mol. The van der Waals surface area contributed by atoms with Crippen LogP contribution in [-0.2, 0) is 20.8 Å². The number of rotatable bonds is 5. The lowest BCUT2D eigenvalue weighted by atomic mass is 9.49. The van der Waals surface area contributed by atoms with Gasteiger partial charge in [0, 0.05) is 11.5 Å². The van der Waals surface area contributed by atoms with Crippen LogP contribution in [0, 0.1) is 35.0 Å². The first-order valence-electron chi connectivity index (χ1n) is 14.5. The lowest BCUT2D eigenvalue weighted by Gasteiger charge is -2.56. The number of benzene rings is 1. The molecule has 1 N–H and O–H groups in total. The van der Waals surface area contributed by atoms with Gasteiger partial charge in [-0.1, -0.05) is 43.3 Å². The maximum absolute atomic E-state index is 11.4. The Kier molecular flexibility index (Phi) is 6.31. The van der Waals surface area contributed by atoms with E-state index < -0.39 is 6.29 Å². The maximum atomic E-state index is 11.4. The van der Waals surface area contributed by atoms with E-state index in [2.05, 4.69) is 49.4 Å². The minimum atomic E-state index is -0.401. The van der Waals surface area contributed by atoms with E-state index in [1.165, 1.54) is 49.7 Å². The van der Waals surface area contributed by atoms with Gasteiger partial charge in [-0.05, 0) is 91.2 Å². The van der Waals surface area contributed by atoms with Crippen LogP contribution in [0.4, 0.5) is 0 Å². The maximum Gasteiger partial charge on any atom is 0.217 e. The van der Waals surface area contributed by atoms with Crippen molar-refractivity contribution in [3.05, 3.63) is 65.6 Å². The molecule has 2 unspecified atom stereocenters. The van der Waals surface area contributed by atoms with Crippen molar-refractivity contribution in [2.75, 3.05) is 13.2 Å². The number of hydrogen-bond donors (Lipinski definition) is 1. The molecule has 1 aromatic heterocycles. The molecule has 5 heteroatoms. The van der Waals surface area contributed by atoms with Crippen LogP contribution in [0.1, 0.15) is 75.0 Å². The van der Waals surface area contributed by atoms with Gasteiger partial charge in [-0.25, -0.2) is 0 Å². The summed E-state index contributed by atoms with van der Waals surface area (Å²) in [7, 11) is 0. The first kappa shape index (κ1) is 24.1. The molecule has 1 aromatic carbocycles. The van der Waals surface area contributed by atoms with Gasteiger partial charge >= 0.3 is 0 Å². The van der Waals surface area contributed by atoms with E-state index in [9.17, 15) is 5.11 Å². The fourth-order valence-corrected chi connectivity index (χ4v) is 8.97. The Morgan fingerprint density at radius 3 is 2.62 bits per heavy atom. The Morgan fingerprint density at radius 2 is 1.78 bits per heavy atom. The summed E-state index contributed by atoms with van der Waals surface area (Å²) >= 11 is 0. The molecule has 8 atom stereocenters. The zero-order valence-corrected chi connectivity index (χ0v) is 21.9. The van der Waals surface area contributed by atoms with Gasteiger partial charge in [0.1, 0.15) is 0 Å². The molecule has 3 saturated carbocycles. The average Bonchev–Trinajstić information content (AvgIpc) is 3.67. The van der Waals surface area contributed by atoms with Crippen molar-refractivity contribution in [2.45, 2.75) is 77.0 Å². The van der Waals surface area contributed by atoms with Crippen LogP contribution in [0.5, 0.6) is 0 Å². The number of furan rings is 1. The largest absolute Gasteiger partial charge is 0.463 e.